The van der Waals surface area contributed by atoms with E-state index in [2.05, 4.69) is 13.8 Å². The molecule has 0 aromatic carbocycles. The highest BCUT2D eigenvalue weighted by Crippen LogP contribution is 2.31. The first-order chi connectivity index (χ1) is 9.29. The number of halogens is 1. The molecule has 1 fully saturated rings. The zero-order valence-electron chi connectivity index (χ0n) is 11.5. The summed E-state index contributed by atoms with van der Waals surface area (Å²) in [5.41, 5.74) is 0.421. The first-order valence-corrected chi connectivity index (χ1v) is 9.82. The predicted octanol–water partition coefficient (Wildman–Crippen LogP) is 3.33. The van der Waals surface area contributed by atoms with Crippen LogP contribution in [0.15, 0.2) is 15.7 Å². The highest BCUT2D eigenvalue weighted by atomic mass is 35.7. The van der Waals surface area contributed by atoms with E-state index in [0.717, 1.165) is 37.1 Å². The second-order valence-corrected chi connectivity index (χ2v) is 9.21. The summed E-state index contributed by atoms with van der Waals surface area (Å²) >= 11 is 0.991. The molecule has 1 aliphatic carbocycles. The van der Waals surface area contributed by atoms with Crippen LogP contribution in [-0.4, -0.2) is 31.8 Å². The third-order valence-corrected chi connectivity index (χ3v) is 6.30. The van der Waals surface area contributed by atoms with Crippen molar-refractivity contribution in [1.29, 1.82) is 0 Å². The van der Waals surface area contributed by atoms with Gasteiger partial charge in [0.2, 0.25) is 0 Å². The second kappa shape index (κ2) is 6.03. The molecule has 1 saturated carbocycles. The lowest BCUT2D eigenvalue weighted by Gasteiger charge is -2.22. The number of nitrogens with zero attached hydrogens (tertiary/aromatic N) is 1. The van der Waals surface area contributed by atoms with Crippen molar-refractivity contribution in [2.45, 2.75) is 43.4 Å². The number of carbonyl (C=O) groups excluding carboxylic acids is 1. The van der Waals surface area contributed by atoms with Gasteiger partial charge in [0.25, 0.3) is 15.0 Å². The molecule has 0 spiro atoms. The summed E-state index contributed by atoms with van der Waals surface area (Å²) in [6, 6.07) is 1.69. The van der Waals surface area contributed by atoms with Gasteiger partial charge in [-0.05, 0) is 31.2 Å². The minimum Gasteiger partial charge on any atom is -0.336 e. The van der Waals surface area contributed by atoms with Crippen molar-refractivity contribution in [3.8, 4) is 0 Å². The third-order valence-electron chi connectivity index (χ3n) is 3.26. The van der Waals surface area contributed by atoms with Gasteiger partial charge < -0.3 is 4.90 Å². The van der Waals surface area contributed by atoms with Crippen LogP contribution < -0.4 is 0 Å². The van der Waals surface area contributed by atoms with E-state index < -0.39 is 9.05 Å². The van der Waals surface area contributed by atoms with Crippen LogP contribution in [0, 0.1) is 5.92 Å². The Morgan fingerprint density at radius 2 is 2.15 bits per heavy atom. The number of rotatable bonds is 6. The summed E-state index contributed by atoms with van der Waals surface area (Å²) in [7, 11) is 1.54. The maximum atomic E-state index is 12.5. The third kappa shape index (κ3) is 3.96. The van der Waals surface area contributed by atoms with E-state index in [1.165, 1.54) is 6.07 Å². The summed E-state index contributed by atoms with van der Waals surface area (Å²) in [6.07, 6.45) is 3.02. The minimum absolute atomic E-state index is 0.0297. The molecule has 1 aromatic rings. The van der Waals surface area contributed by atoms with Gasteiger partial charge in [0.15, 0.2) is 0 Å². The summed E-state index contributed by atoms with van der Waals surface area (Å²) in [4.78, 5) is 14.3. The van der Waals surface area contributed by atoms with E-state index in [1.807, 2.05) is 4.90 Å². The fourth-order valence-electron chi connectivity index (χ4n) is 1.96. The Morgan fingerprint density at radius 1 is 1.50 bits per heavy atom. The van der Waals surface area contributed by atoms with Crippen molar-refractivity contribution in [3.63, 3.8) is 0 Å². The summed E-state index contributed by atoms with van der Waals surface area (Å²) in [5, 5.41) is 1.57. The van der Waals surface area contributed by atoms with Gasteiger partial charge in [-0.15, -0.1) is 11.3 Å². The molecule has 0 atom stereocenters. The van der Waals surface area contributed by atoms with Crippen LogP contribution in [0.5, 0.6) is 0 Å². The van der Waals surface area contributed by atoms with Gasteiger partial charge >= 0.3 is 0 Å². The van der Waals surface area contributed by atoms with Crippen LogP contribution in [0.1, 0.15) is 43.5 Å². The standard InChI is InChI=1S/C13H18ClNO3S2/c1-9(2)5-6-15(11-3-4-11)13(16)10-7-12(19-8-10)20(14,17)18/h7-9,11H,3-6H2,1-2H3. The van der Waals surface area contributed by atoms with Gasteiger partial charge in [-0.1, -0.05) is 13.8 Å². The smallest absolute Gasteiger partial charge is 0.270 e. The molecular formula is C13H18ClNO3S2. The molecule has 0 unspecified atom stereocenters. The average molecular weight is 336 g/mol. The van der Waals surface area contributed by atoms with E-state index in [4.69, 9.17) is 10.7 Å². The average Bonchev–Trinajstić information content (AvgIpc) is 3.03. The van der Waals surface area contributed by atoms with E-state index in [0.29, 0.717) is 17.5 Å². The van der Waals surface area contributed by atoms with Crippen molar-refractivity contribution in [3.05, 3.63) is 17.0 Å². The van der Waals surface area contributed by atoms with Crippen LogP contribution in [0.25, 0.3) is 0 Å². The van der Waals surface area contributed by atoms with Gasteiger partial charge in [0.1, 0.15) is 4.21 Å². The van der Waals surface area contributed by atoms with Crippen molar-refractivity contribution < 1.29 is 13.2 Å². The molecule has 1 heterocycles. The first kappa shape index (κ1) is 15.8. The molecule has 0 bridgehead atoms. The Morgan fingerprint density at radius 3 is 2.60 bits per heavy atom. The zero-order valence-corrected chi connectivity index (χ0v) is 13.9. The molecule has 0 N–H and O–H groups in total. The summed E-state index contributed by atoms with van der Waals surface area (Å²) < 4.78 is 22.5. The Labute approximate surface area is 128 Å². The Balaban J connectivity index is 2.13. The fraction of sp³-hybridized carbons (Fsp3) is 0.615. The van der Waals surface area contributed by atoms with Crippen molar-refractivity contribution >= 4 is 37.0 Å². The molecule has 1 amide bonds. The predicted molar refractivity (Wildman–Crippen MR) is 80.9 cm³/mol. The van der Waals surface area contributed by atoms with Gasteiger partial charge in [-0.25, -0.2) is 8.42 Å². The van der Waals surface area contributed by atoms with Gasteiger partial charge in [0.05, 0.1) is 5.56 Å². The largest absolute Gasteiger partial charge is 0.336 e. The monoisotopic (exact) mass is 335 g/mol. The maximum absolute atomic E-state index is 12.5. The van der Waals surface area contributed by atoms with E-state index in [1.54, 1.807) is 5.38 Å². The lowest BCUT2D eigenvalue weighted by Crippen LogP contribution is -2.34. The topological polar surface area (TPSA) is 54.5 Å². The number of amides is 1. The van der Waals surface area contributed by atoms with E-state index in [-0.39, 0.29) is 10.1 Å². The summed E-state index contributed by atoms with van der Waals surface area (Å²) in [6.45, 7) is 4.97. The highest BCUT2D eigenvalue weighted by molar-refractivity contribution is 8.15. The lowest BCUT2D eigenvalue weighted by atomic mass is 10.1. The molecule has 0 saturated heterocycles. The van der Waals surface area contributed by atoms with Crippen LogP contribution in [0.4, 0.5) is 0 Å². The minimum atomic E-state index is -3.75. The molecule has 1 aliphatic rings. The maximum Gasteiger partial charge on any atom is 0.270 e. The molecule has 0 radical (unpaired) electrons. The van der Waals surface area contributed by atoms with E-state index in [9.17, 15) is 13.2 Å². The quantitative estimate of drug-likeness (QED) is 0.749. The van der Waals surface area contributed by atoms with Crippen molar-refractivity contribution in [1.82, 2.24) is 4.90 Å². The van der Waals surface area contributed by atoms with Crippen LogP contribution in [0.3, 0.4) is 0 Å². The van der Waals surface area contributed by atoms with Gasteiger partial charge in [-0.2, -0.15) is 0 Å². The number of thiophene rings is 1. The van der Waals surface area contributed by atoms with Crippen molar-refractivity contribution in [2.75, 3.05) is 6.54 Å². The zero-order chi connectivity index (χ0) is 14.9. The number of hydrogen-bond acceptors (Lipinski definition) is 4. The summed E-state index contributed by atoms with van der Waals surface area (Å²) in [5.74, 6) is 0.446. The molecule has 2 rings (SSSR count). The molecule has 20 heavy (non-hydrogen) atoms. The fourth-order valence-corrected chi connectivity index (χ4v) is 3.90. The highest BCUT2D eigenvalue weighted by Gasteiger charge is 2.33. The van der Waals surface area contributed by atoms with Crippen LogP contribution in [0.2, 0.25) is 0 Å². The molecule has 1 aromatic heterocycles. The lowest BCUT2D eigenvalue weighted by molar-refractivity contribution is 0.0736. The Bertz CT molecular complexity index is 591. The molecule has 7 heteroatoms. The second-order valence-electron chi connectivity index (χ2n) is 5.50. The Kier molecular flexibility index (Phi) is 4.76. The molecular weight excluding hydrogens is 318 g/mol. The molecule has 4 nitrogen and oxygen atoms in total. The number of hydrogen-bond donors (Lipinski definition) is 0. The Hall–Kier alpha value is -0.590. The molecule has 0 aliphatic heterocycles. The van der Waals surface area contributed by atoms with Gasteiger partial charge in [-0.3, -0.25) is 4.79 Å². The van der Waals surface area contributed by atoms with Crippen LogP contribution in [-0.2, 0) is 9.05 Å². The van der Waals surface area contributed by atoms with E-state index >= 15 is 0 Å². The van der Waals surface area contributed by atoms with Crippen LogP contribution >= 0.6 is 22.0 Å². The number of carbonyl (C=O) groups is 1. The molecule has 112 valence electrons. The van der Waals surface area contributed by atoms with Crippen molar-refractivity contribution in [2.24, 2.45) is 5.92 Å². The first-order valence-electron chi connectivity index (χ1n) is 6.63. The normalized spacial score (nSPS) is 15.6. The SMILES string of the molecule is CC(C)CCN(C(=O)c1csc(S(=O)(=O)Cl)c1)C1CC1. The van der Waals surface area contributed by atoms with Gasteiger partial charge in [0, 0.05) is 28.6 Å².